The molecule has 1 aromatic carbocycles. The molecule has 0 bridgehead atoms. The zero-order valence-corrected chi connectivity index (χ0v) is 13.0. The number of piperidine rings is 1. The third-order valence-electron chi connectivity index (χ3n) is 5.69. The summed E-state index contributed by atoms with van der Waals surface area (Å²) in [5.41, 5.74) is 0.783. The van der Waals surface area contributed by atoms with Crippen LogP contribution in [-0.4, -0.2) is 36.3 Å². The van der Waals surface area contributed by atoms with E-state index in [1.165, 1.54) is 0 Å². The van der Waals surface area contributed by atoms with Gasteiger partial charge in [-0.2, -0.15) is 0 Å². The van der Waals surface area contributed by atoms with E-state index in [0.29, 0.717) is 11.8 Å². The maximum atomic E-state index is 12.6. The van der Waals surface area contributed by atoms with Gasteiger partial charge in [0.2, 0.25) is 11.8 Å². The summed E-state index contributed by atoms with van der Waals surface area (Å²) in [6.07, 6.45) is 2.69. The van der Waals surface area contributed by atoms with Crippen LogP contribution >= 0.6 is 0 Å². The average molecular weight is 298 g/mol. The molecule has 2 saturated heterocycles. The predicted molar refractivity (Wildman–Crippen MR) is 84.3 cm³/mol. The maximum absolute atomic E-state index is 12.6. The van der Waals surface area contributed by atoms with Crippen molar-refractivity contribution >= 4 is 17.5 Å². The summed E-state index contributed by atoms with van der Waals surface area (Å²) in [6.45, 7) is 4.44. The Labute approximate surface area is 131 Å². The number of anilines is 1. The SMILES string of the molecule is C[C@H]1C[C@@H]1C(=O)N1CCC2(CC1)CN(c1ccccc1)C2=O. The van der Waals surface area contributed by atoms with Gasteiger partial charge in [-0.1, -0.05) is 25.1 Å². The normalized spacial score (nSPS) is 29.4. The first-order valence-electron chi connectivity index (χ1n) is 8.26. The number of hydrogen-bond acceptors (Lipinski definition) is 2. The monoisotopic (exact) mass is 298 g/mol. The van der Waals surface area contributed by atoms with Gasteiger partial charge in [0, 0.05) is 31.2 Å². The van der Waals surface area contributed by atoms with Gasteiger partial charge < -0.3 is 9.80 Å². The maximum Gasteiger partial charge on any atom is 0.235 e. The van der Waals surface area contributed by atoms with Crippen LogP contribution in [0.3, 0.4) is 0 Å². The van der Waals surface area contributed by atoms with Crippen molar-refractivity contribution in [1.82, 2.24) is 4.90 Å². The lowest BCUT2D eigenvalue weighted by molar-refractivity contribution is -0.144. The largest absolute Gasteiger partial charge is 0.342 e. The molecule has 0 unspecified atom stereocenters. The van der Waals surface area contributed by atoms with E-state index in [0.717, 1.165) is 44.6 Å². The van der Waals surface area contributed by atoms with Crippen molar-refractivity contribution in [3.63, 3.8) is 0 Å². The van der Waals surface area contributed by atoms with Crippen LogP contribution in [0.1, 0.15) is 26.2 Å². The molecule has 0 radical (unpaired) electrons. The average Bonchev–Trinajstić information content (AvgIpc) is 3.30. The van der Waals surface area contributed by atoms with Gasteiger partial charge in [-0.3, -0.25) is 9.59 Å². The zero-order chi connectivity index (χ0) is 15.3. The van der Waals surface area contributed by atoms with Crippen LogP contribution < -0.4 is 4.90 Å². The number of nitrogens with zero attached hydrogens (tertiary/aromatic N) is 2. The molecule has 2 heterocycles. The molecule has 3 fully saturated rings. The fourth-order valence-corrected chi connectivity index (χ4v) is 3.88. The van der Waals surface area contributed by atoms with Crippen molar-refractivity contribution in [2.45, 2.75) is 26.2 Å². The molecule has 4 rings (SSSR count). The number of likely N-dealkylation sites (tertiary alicyclic amines) is 1. The van der Waals surface area contributed by atoms with Gasteiger partial charge >= 0.3 is 0 Å². The molecule has 1 saturated carbocycles. The molecule has 3 aliphatic rings. The minimum absolute atomic E-state index is 0.207. The molecule has 0 N–H and O–H groups in total. The van der Waals surface area contributed by atoms with Gasteiger partial charge in [0.15, 0.2) is 0 Å². The highest BCUT2D eigenvalue weighted by Gasteiger charge is 2.54. The molecule has 2 atom stereocenters. The molecule has 22 heavy (non-hydrogen) atoms. The van der Waals surface area contributed by atoms with Gasteiger partial charge in [0.1, 0.15) is 0 Å². The summed E-state index contributed by atoms with van der Waals surface area (Å²) in [5.74, 6) is 1.37. The van der Waals surface area contributed by atoms with Gasteiger partial charge in [0.25, 0.3) is 0 Å². The van der Waals surface area contributed by atoms with Crippen molar-refractivity contribution in [2.24, 2.45) is 17.3 Å². The van der Waals surface area contributed by atoms with Crippen LogP contribution in [0.15, 0.2) is 30.3 Å². The van der Waals surface area contributed by atoms with E-state index in [1.807, 2.05) is 40.1 Å². The third kappa shape index (κ3) is 2.04. The second kappa shape index (κ2) is 4.83. The highest BCUT2D eigenvalue weighted by molar-refractivity contribution is 6.04. The Hall–Kier alpha value is -1.84. The van der Waals surface area contributed by atoms with Crippen LogP contribution in [-0.2, 0) is 9.59 Å². The lowest BCUT2D eigenvalue weighted by Crippen LogP contribution is -2.65. The Kier molecular flexibility index (Phi) is 3.03. The number of carbonyl (C=O) groups is 2. The van der Waals surface area contributed by atoms with Gasteiger partial charge in [-0.05, 0) is 37.3 Å². The Morgan fingerprint density at radius 3 is 2.36 bits per heavy atom. The minimum Gasteiger partial charge on any atom is -0.342 e. The first-order valence-corrected chi connectivity index (χ1v) is 8.26. The molecule has 0 aromatic heterocycles. The Balaban J connectivity index is 1.38. The van der Waals surface area contributed by atoms with Gasteiger partial charge in [-0.15, -0.1) is 0 Å². The summed E-state index contributed by atoms with van der Waals surface area (Å²) >= 11 is 0. The standard InChI is InChI=1S/C18H22N2O2/c1-13-11-15(13)16(21)19-9-7-18(8-10-19)12-20(17(18)22)14-5-3-2-4-6-14/h2-6,13,15H,7-12H2,1H3/t13-,15-/m0/s1. The number of amides is 2. The van der Waals surface area contributed by atoms with Crippen molar-refractivity contribution in [1.29, 1.82) is 0 Å². The molecular formula is C18H22N2O2. The van der Waals surface area contributed by atoms with E-state index >= 15 is 0 Å². The molecule has 1 aliphatic carbocycles. The summed E-state index contributed by atoms with van der Waals surface area (Å²) in [7, 11) is 0. The topological polar surface area (TPSA) is 40.6 Å². The fourth-order valence-electron chi connectivity index (χ4n) is 3.88. The minimum atomic E-state index is -0.207. The molecule has 2 aliphatic heterocycles. The van der Waals surface area contributed by atoms with E-state index in [4.69, 9.17) is 0 Å². The van der Waals surface area contributed by atoms with Gasteiger partial charge in [0.05, 0.1) is 5.41 Å². The molecule has 4 heteroatoms. The quantitative estimate of drug-likeness (QED) is 0.786. The number of para-hydroxylation sites is 1. The summed E-state index contributed by atoms with van der Waals surface area (Å²) < 4.78 is 0. The first-order chi connectivity index (χ1) is 10.6. The van der Waals surface area contributed by atoms with Crippen molar-refractivity contribution < 1.29 is 9.59 Å². The lowest BCUT2D eigenvalue weighted by Gasteiger charge is -2.52. The van der Waals surface area contributed by atoms with Gasteiger partial charge in [-0.25, -0.2) is 0 Å². The molecule has 4 nitrogen and oxygen atoms in total. The Morgan fingerprint density at radius 1 is 1.18 bits per heavy atom. The summed E-state index contributed by atoms with van der Waals surface area (Å²) in [5, 5.41) is 0. The van der Waals surface area contributed by atoms with E-state index in [1.54, 1.807) is 0 Å². The van der Waals surface area contributed by atoms with Crippen molar-refractivity contribution in [3.05, 3.63) is 30.3 Å². The van der Waals surface area contributed by atoms with Crippen LogP contribution in [0.2, 0.25) is 0 Å². The van der Waals surface area contributed by atoms with Crippen molar-refractivity contribution in [3.8, 4) is 0 Å². The summed E-state index contributed by atoms with van der Waals surface area (Å²) in [4.78, 5) is 28.8. The number of hydrogen-bond donors (Lipinski definition) is 0. The van der Waals surface area contributed by atoms with E-state index in [-0.39, 0.29) is 17.2 Å². The van der Waals surface area contributed by atoms with Crippen LogP contribution in [0.5, 0.6) is 0 Å². The smallest absolute Gasteiger partial charge is 0.235 e. The van der Waals surface area contributed by atoms with Crippen LogP contribution in [0, 0.1) is 17.3 Å². The lowest BCUT2D eigenvalue weighted by atomic mass is 9.70. The highest BCUT2D eigenvalue weighted by Crippen LogP contribution is 2.45. The van der Waals surface area contributed by atoms with E-state index in [2.05, 4.69) is 6.92 Å². The number of carbonyl (C=O) groups excluding carboxylic acids is 2. The molecule has 1 spiro atoms. The number of β-lactam (4-membered cyclic amide) rings is 1. The summed E-state index contributed by atoms with van der Waals surface area (Å²) in [6, 6.07) is 9.86. The molecular weight excluding hydrogens is 276 g/mol. The Bertz CT molecular complexity index is 605. The molecule has 116 valence electrons. The first kappa shape index (κ1) is 13.8. The highest BCUT2D eigenvalue weighted by atomic mass is 16.2. The zero-order valence-electron chi connectivity index (χ0n) is 13.0. The second-order valence-electron chi connectivity index (χ2n) is 7.15. The molecule has 1 aromatic rings. The fraction of sp³-hybridized carbons (Fsp3) is 0.556. The van der Waals surface area contributed by atoms with Crippen molar-refractivity contribution in [2.75, 3.05) is 24.5 Å². The van der Waals surface area contributed by atoms with E-state index in [9.17, 15) is 9.59 Å². The third-order valence-corrected chi connectivity index (χ3v) is 5.69. The second-order valence-corrected chi connectivity index (χ2v) is 7.15. The van der Waals surface area contributed by atoms with Crippen LogP contribution in [0.25, 0.3) is 0 Å². The molecule has 2 amide bonds. The van der Waals surface area contributed by atoms with Crippen LogP contribution in [0.4, 0.5) is 5.69 Å². The Morgan fingerprint density at radius 2 is 1.82 bits per heavy atom. The number of rotatable bonds is 2. The number of benzene rings is 1. The predicted octanol–water partition coefficient (Wildman–Crippen LogP) is 2.30. The van der Waals surface area contributed by atoms with E-state index < -0.39 is 0 Å².